The number of carbonyl (C=O) groups excluding carboxylic acids is 3. The Labute approximate surface area is 219 Å². The number of rotatable bonds is 9. The molecule has 0 saturated heterocycles. The quantitative estimate of drug-likeness (QED) is 0.229. The lowest BCUT2D eigenvalue weighted by atomic mass is 10.0. The van der Waals surface area contributed by atoms with E-state index in [9.17, 15) is 14.4 Å². The molecule has 1 heterocycles. The molecule has 8 heteroatoms. The number of anilines is 1. The summed E-state index contributed by atoms with van der Waals surface area (Å²) in [7, 11) is 0. The molecular formula is C29H24ClN3O4. The molecule has 0 aliphatic carbocycles. The largest absolute Gasteiger partial charge is 0.445 e. The molecule has 4 rings (SSSR count). The third-order valence-corrected chi connectivity index (χ3v) is 5.68. The summed E-state index contributed by atoms with van der Waals surface area (Å²) in [6.07, 6.45) is -0.537. The van der Waals surface area contributed by atoms with Crippen molar-refractivity contribution < 1.29 is 19.1 Å². The van der Waals surface area contributed by atoms with Crippen LogP contribution in [-0.4, -0.2) is 28.8 Å². The average Bonchev–Trinajstić information content (AvgIpc) is 2.93. The number of carbonyl (C=O) groups is 3. The maximum Gasteiger partial charge on any atom is 0.408 e. The fourth-order valence-corrected chi connectivity index (χ4v) is 3.77. The zero-order valence-electron chi connectivity index (χ0n) is 19.8. The molecule has 1 unspecified atom stereocenters. The lowest BCUT2D eigenvalue weighted by Gasteiger charge is -2.19. The highest BCUT2D eigenvalue weighted by molar-refractivity contribution is 6.30. The topological polar surface area (TPSA) is 97.4 Å². The number of benzene rings is 3. The van der Waals surface area contributed by atoms with Crippen LogP contribution in [0.1, 0.15) is 27.2 Å². The Morgan fingerprint density at radius 1 is 0.784 bits per heavy atom. The van der Waals surface area contributed by atoms with Crippen molar-refractivity contribution in [2.45, 2.75) is 19.1 Å². The predicted molar refractivity (Wildman–Crippen MR) is 141 cm³/mol. The highest BCUT2D eigenvalue weighted by Gasteiger charge is 2.25. The maximum absolute atomic E-state index is 13.4. The van der Waals surface area contributed by atoms with Crippen LogP contribution in [0.2, 0.25) is 5.15 Å². The summed E-state index contributed by atoms with van der Waals surface area (Å²) in [5, 5.41) is 5.49. The molecule has 4 aromatic rings. The van der Waals surface area contributed by atoms with Crippen LogP contribution in [0.5, 0.6) is 0 Å². The van der Waals surface area contributed by atoms with Crippen LogP contribution >= 0.6 is 11.6 Å². The third-order valence-electron chi connectivity index (χ3n) is 5.47. The molecular weight excluding hydrogens is 490 g/mol. The Hall–Kier alpha value is -4.49. The van der Waals surface area contributed by atoms with Gasteiger partial charge < -0.3 is 15.4 Å². The molecule has 1 aromatic heterocycles. The molecule has 37 heavy (non-hydrogen) atoms. The number of halogens is 1. The van der Waals surface area contributed by atoms with Crippen molar-refractivity contribution in [2.75, 3.05) is 5.32 Å². The van der Waals surface area contributed by atoms with E-state index in [1.54, 1.807) is 30.3 Å². The molecule has 0 radical (unpaired) electrons. The van der Waals surface area contributed by atoms with Crippen molar-refractivity contribution in [3.63, 3.8) is 0 Å². The number of pyridine rings is 1. The van der Waals surface area contributed by atoms with Crippen molar-refractivity contribution in [3.05, 3.63) is 131 Å². The first-order valence-electron chi connectivity index (χ1n) is 11.6. The minimum atomic E-state index is -0.985. The third kappa shape index (κ3) is 7.25. The summed E-state index contributed by atoms with van der Waals surface area (Å²) in [6, 6.07) is 29.0. The smallest absolute Gasteiger partial charge is 0.408 e. The van der Waals surface area contributed by atoms with Gasteiger partial charge in [-0.15, -0.1) is 0 Å². The average molecular weight is 514 g/mol. The zero-order chi connectivity index (χ0) is 26.0. The van der Waals surface area contributed by atoms with Crippen molar-refractivity contribution in [1.82, 2.24) is 10.3 Å². The number of hydrogen-bond donors (Lipinski definition) is 2. The zero-order valence-corrected chi connectivity index (χ0v) is 20.5. The number of alkyl carbamates (subject to hydrolysis) is 1. The summed E-state index contributed by atoms with van der Waals surface area (Å²) in [4.78, 5) is 43.2. The van der Waals surface area contributed by atoms with Crippen LogP contribution < -0.4 is 10.6 Å². The van der Waals surface area contributed by atoms with Gasteiger partial charge in [0.2, 0.25) is 11.7 Å². The molecule has 0 aliphatic rings. The summed E-state index contributed by atoms with van der Waals surface area (Å²) in [5.41, 5.74) is 2.23. The van der Waals surface area contributed by atoms with Crippen LogP contribution in [-0.2, 0) is 22.6 Å². The molecule has 1 atom stereocenters. The number of nitrogens with one attached hydrogen (secondary N) is 2. The van der Waals surface area contributed by atoms with Crippen molar-refractivity contribution in [1.29, 1.82) is 0 Å². The van der Waals surface area contributed by atoms with Gasteiger partial charge in [0.15, 0.2) is 0 Å². The Kier molecular flexibility index (Phi) is 8.62. The van der Waals surface area contributed by atoms with Crippen LogP contribution in [0.15, 0.2) is 103 Å². The Morgan fingerprint density at radius 2 is 1.38 bits per heavy atom. The predicted octanol–water partition coefficient (Wildman–Crippen LogP) is 5.44. The first-order chi connectivity index (χ1) is 18.0. The lowest BCUT2D eigenvalue weighted by molar-refractivity contribution is -0.118. The number of ketones is 1. The van der Waals surface area contributed by atoms with Crippen LogP contribution in [0.25, 0.3) is 0 Å². The van der Waals surface area contributed by atoms with Gasteiger partial charge in [0.05, 0.1) is 5.69 Å². The first kappa shape index (κ1) is 25.6. The van der Waals surface area contributed by atoms with E-state index in [1.165, 1.54) is 12.1 Å². The summed E-state index contributed by atoms with van der Waals surface area (Å²) in [5.74, 6) is -0.931. The number of amides is 2. The van der Waals surface area contributed by atoms with E-state index < -0.39 is 23.8 Å². The first-order valence-corrected chi connectivity index (χ1v) is 12.0. The molecule has 0 bridgehead atoms. The fraction of sp³-hybridized carbons (Fsp3) is 0.103. The van der Waals surface area contributed by atoms with E-state index in [0.717, 1.165) is 11.1 Å². The SMILES string of the molecule is O=C(NC(Cc1ccccc1)C(=O)Nc1ccc(Cl)nc1C(=O)c1ccccc1)OCc1ccccc1. The van der Waals surface area contributed by atoms with E-state index in [4.69, 9.17) is 16.3 Å². The van der Waals surface area contributed by atoms with Gasteiger partial charge in [-0.2, -0.15) is 0 Å². The minimum Gasteiger partial charge on any atom is -0.445 e. The molecule has 0 aliphatic heterocycles. The van der Waals surface area contributed by atoms with Crippen LogP contribution in [0.3, 0.4) is 0 Å². The van der Waals surface area contributed by atoms with E-state index in [0.29, 0.717) is 5.56 Å². The Bertz CT molecular complexity index is 1370. The number of ether oxygens (including phenoxy) is 1. The molecule has 186 valence electrons. The van der Waals surface area contributed by atoms with Gasteiger partial charge in [0, 0.05) is 12.0 Å². The standard InChI is InChI=1S/C29H24ClN3O4/c30-25-17-16-23(26(33-25)27(34)22-14-8-3-9-15-22)31-28(35)24(18-20-10-4-1-5-11-20)32-29(36)37-19-21-12-6-2-7-13-21/h1-17,24H,18-19H2,(H,31,35)(H,32,36). The van der Waals surface area contributed by atoms with Crippen LogP contribution in [0.4, 0.5) is 10.5 Å². The molecule has 2 amide bonds. The van der Waals surface area contributed by atoms with Crippen molar-refractivity contribution in [2.24, 2.45) is 0 Å². The summed E-state index contributed by atoms with van der Waals surface area (Å²) in [6.45, 7) is 0.0587. The second-order valence-electron chi connectivity index (χ2n) is 8.16. The van der Waals surface area contributed by atoms with Gasteiger partial charge in [0.25, 0.3) is 0 Å². The van der Waals surface area contributed by atoms with Gasteiger partial charge in [-0.3, -0.25) is 9.59 Å². The molecule has 3 aromatic carbocycles. The maximum atomic E-state index is 13.4. The number of nitrogens with zero attached hydrogens (tertiary/aromatic N) is 1. The molecule has 0 spiro atoms. The van der Waals surface area contributed by atoms with E-state index >= 15 is 0 Å². The minimum absolute atomic E-state index is 0.00262. The summed E-state index contributed by atoms with van der Waals surface area (Å²) >= 11 is 6.06. The van der Waals surface area contributed by atoms with Gasteiger partial charge in [-0.25, -0.2) is 9.78 Å². The van der Waals surface area contributed by atoms with Gasteiger partial charge in [-0.05, 0) is 23.3 Å². The molecule has 2 N–H and O–H groups in total. The Morgan fingerprint density at radius 3 is 2.03 bits per heavy atom. The molecule has 7 nitrogen and oxygen atoms in total. The van der Waals surface area contributed by atoms with Gasteiger partial charge >= 0.3 is 6.09 Å². The highest BCUT2D eigenvalue weighted by atomic mass is 35.5. The second-order valence-corrected chi connectivity index (χ2v) is 8.55. The fourth-order valence-electron chi connectivity index (χ4n) is 3.62. The molecule has 0 fully saturated rings. The normalized spacial score (nSPS) is 11.3. The Balaban J connectivity index is 1.53. The van der Waals surface area contributed by atoms with E-state index in [-0.39, 0.29) is 29.6 Å². The van der Waals surface area contributed by atoms with Crippen molar-refractivity contribution in [3.8, 4) is 0 Å². The highest BCUT2D eigenvalue weighted by Crippen LogP contribution is 2.21. The van der Waals surface area contributed by atoms with E-state index in [1.807, 2.05) is 60.7 Å². The lowest BCUT2D eigenvalue weighted by Crippen LogP contribution is -2.45. The van der Waals surface area contributed by atoms with Gasteiger partial charge in [-0.1, -0.05) is 103 Å². The number of aromatic nitrogens is 1. The van der Waals surface area contributed by atoms with E-state index in [2.05, 4.69) is 15.6 Å². The van der Waals surface area contributed by atoms with Gasteiger partial charge in [0.1, 0.15) is 23.5 Å². The van der Waals surface area contributed by atoms with Crippen molar-refractivity contribution >= 4 is 35.1 Å². The number of hydrogen-bond acceptors (Lipinski definition) is 5. The second kappa shape index (κ2) is 12.5. The molecule has 0 saturated carbocycles. The summed E-state index contributed by atoms with van der Waals surface area (Å²) < 4.78 is 5.32. The monoisotopic (exact) mass is 513 g/mol. The van der Waals surface area contributed by atoms with Crippen LogP contribution in [0, 0.1) is 0 Å².